The van der Waals surface area contributed by atoms with Crippen molar-refractivity contribution in [2.24, 2.45) is 0 Å². The number of benzene rings is 1. The van der Waals surface area contributed by atoms with Gasteiger partial charge in [-0.15, -0.1) is 0 Å². The van der Waals surface area contributed by atoms with E-state index in [-0.39, 0.29) is 5.97 Å². The predicted octanol–water partition coefficient (Wildman–Crippen LogP) is 2.82. The molecule has 0 spiro atoms. The monoisotopic (exact) mass is 262 g/mol. The number of nitrogen functional groups attached to an aromatic ring is 1. The van der Waals surface area contributed by atoms with E-state index in [0.29, 0.717) is 11.3 Å². The van der Waals surface area contributed by atoms with Gasteiger partial charge < -0.3 is 15.4 Å². The summed E-state index contributed by atoms with van der Waals surface area (Å²) in [5.74, 6) is -0.327. The third-order valence-corrected chi connectivity index (χ3v) is 3.11. The molecule has 1 heterocycles. The third kappa shape index (κ3) is 3.40. The van der Waals surface area contributed by atoms with Crippen LogP contribution in [0, 0.1) is 0 Å². The molecule has 1 aliphatic rings. The highest BCUT2D eigenvalue weighted by molar-refractivity contribution is 5.92. The summed E-state index contributed by atoms with van der Waals surface area (Å²) in [7, 11) is 0. The Morgan fingerprint density at radius 2 is 1.89 bits per heavy atom. The van der Waals surface area contributed by atoms with Crippen LogP contribution in [-0.4, -0.2) is 24.7 Å². The minimum absolute atomic E-state index is 0.327. The zero-order chi connectivity index (χ0) is 14.0. The average Bonchev–Trinajstić information content (AvgIpc) is 2.79. The quantitative estimate of drug-likeness (QED) is 0.657. The molecule has 0 unspecified atom stereocenters. The maximum Gasteiger partial charge on any atom is 0.338 e. The topological polar surface area (TPSA) is 55.6 Å². The van der Waals surface area contributed by atoms with Gasteiger partial charge in [0.05, 0.1) is 16.9 Å². The van der Waals surface area contributed by atoms with Gasteiger partial charge in [-0.3, -0.25) is 0 Å². The summed E-state index contributed by atoms with van der Waals surface area (Å²) >= 11 is 0. The summed E-state index contributed by atoms with van der Waals surface area (Å²) in [5, 5.41) is 0. The third-order valence-electron chi connectivity index (χ3n) is 3.11. The van der Waals surface area contributed by atoms with E-state index in [1.54, 1.807) is 12.1 Å². The van der Waals surface area contributed by atoms with Crippen molar-refractivity contribution in [1.29, 1.82) is 0 Å². The van der Waals surface area contributed by atoms with Crippen LogP contribution < -0.4 is 10.6 Å². The Labute approximate surface area is 114 Å². The Morgan fingerprint density at radius 1 is 1.26 bits per heavy atom. The molecule has 2 N–H and O–H groups in total. The van der Waals surface area contributed by atoms with Gasteiger partial charge in [-0.05, 0) is 51.8 Å². The van der Waals surface area contributed by atoms with Crippen molar-refractivity contribution in [3.05, 3.63) is 23.8 Å². The Balaban J connectivity index is 2.16. The van der Waals surface area contributed by atoms with Gasteiger partial charge in [0, 0.05) is 13.1 Å². The first kappa shape index (κ1) is 13.7. The van der Waals surface area contributed by atoms with Crippen molar-refractivity contribution in [1.82, 2.24) is 0 Å². The fraction of sp³-hybridized carbons (Fsp3) is 0.533. The summed E-state index contributed by atoms with van der Waals surface area (Å²) in [6.45, 7) is 7.64. The SMILES string of the molecule is CC(C)(C)OC(=O)c1ccc(N2CCCC2)c(N)c1. The van der Waals surface area contributed by atoms with E-state index in [1.807, 2.05) is 26.8 Å². The number of ether oxygens (including phenoxy) is 1. The lowest BCUT2D eigenvalue weighted by Gasteiger charge is -2.22. The number of hydrogen-bond acceptors (Lipinski definition) is 4. The highest BCUT2D eigenvalue weighted by Crippen LogP contribution is 2.28. The van der Waals surface area contributed by atoms with Crippen LogP contribution in [0.4, 0.5) is 11.4 Å². The van der Waals surface area contributed by atoms with Gasteiger partial charge in [-0.1, -0.05) is 0 Å². The molecular formula is C15H22N2O2. The van der Waals surface area contributed by atoms with Gasteiger partial charge in [0.1, 0.15) is 5.60 Å². The first-order chi connectivity index (χ1) is 8.87. The first-order valence-corrected chi connectivity index (χ1v) is 6.75. The predicted molar refractivity (Wildman–Crippen MR) is 77.5 cm³/mol. The second kappa shape index (κ2) is 5.11. The standard InChI is InChI=1S/C15H22N2O2/c1-15(2,3)19-14(18)11-6-7-13(12(16)10-11)17-8-4-5-9-17/h6-7,10H,4-5,8-9,16H2,1-3H3. The lowest BCUT2D eigenvalue weighted by Crippen LogP contribution is -2.24. The first-order valence-electron chi connectivity index (χ1n) is 6.75. The molecule has 0 amide bonds. The molecule has 1 aromatic rings. The number of anilines is 2. The Hall–Kier alpha value is -1.71. The molecule has 0 saturated carbocycles. The summed E-state index contributed by atoms with van der Waals surface area (Å²) < 4.78 is 5.34. The Kier molecular flexibility index (Phi) is 3.69. The Morgan fingerprint density at radius 3 is 2.42 bits per heavy atom. The molecule has 104 valence electrons. The summed E-state index contributed by atoms with van der Waals surface area (Å²) in [4.78, 5) is 14.2. The van der Waals surface area contributed by atoms with Gasteiger partial charge in [-0.25, -0.2) is 4.79 Å². The molecule has 4 nitrogen and oxygen atoms in total. The van der Waals surface area contributed by atoms with Gasteiger partial charge in [0.2, 0.25) is 0 Å². The van der Waals surface area contributed by atoms with E-state index in [2.05, 4.69) is 4.90 Å². The minimum atomic E-state index is -0.487. The number of nitrogens with zero attached hydrogens (tertiary/aromatic N) is 1. The van der Waals surface area contributed by atoms with E-state index in [0.717, 1.165) is 18.8 Å². The smallest absolute Gasteiger partial charge is 0.338 e. The lowest BCUT2D eigenvalue weighted by molar-refractivity contribution is 0.00696. The molecule has 1 aliphatic heterocycles. The molecule has 1 aromatic carbocycles. The van der Waals surface area contributed by atoms with Gasteiger partial charge in [0.25, 0.3) is 0 Å². The van der Waals surface area contributed by atoms with Crippen molar-refractivity contribution in [3.8, 4) is 0 Å². The van der Waals surface area contributed by atoms with Gasteiger partial charge in [-0.2, -0.15) is 0 Å². The van der Waals surface area contributed by atoms with Crippen LogP contribution in [0.15, 0.2) is 18.2 Å². The second-order valence-electron chi connectivity index (χ2n) is 5.97. The van der Waals surface area contributed by atoms with Crippen molar-refractivity contribution in [2.45, 2.75) is 39.2 Å². The number of carbonyl (C=O) groups is 1. The van der Waals surface area contributed by atoms with Crippen molar-refractivity contribution in [3.63, 3.8) is 0 Å². The van der Waals surface area contributed by atoms with Crippen LogP contribution in [0.1, 0.15) is 44.0 Å². The second-order valence-corrected chi connectivity index (χ2v) is 5.97. The number of esters is 1. The highest BCUT2D eigenvalue weighted by Gasteiger charge is 2.20. The van der Waals surface area contributed by atoms with E-state index in [1.165, 1.54) is 12.8 Å². The average molecular weight is 262 g/mol. The van der Waals surface area contributed by atoms with E-state index in [4.69, 9.17) is 10.5 Å². The zero-order valence-corrected chi connectivity index (χ0v) is 11.9. The van der Waals surface area contributed by atoms with Crippen LogP contribution >= 0.6 is 0 Å². The van der Waals surface area contributed by atoms with Crippen LogP contribution in [0.2, 0.25) is 0 Å². The summed E-state index contributed by atoms with van der Waals surface area (Å²) in [5.41, 5.74) is 7.74. The van der Waals surface area contributed by atoms with Crippen molar-refractivity contribution >= 4 is 17.3 Å². The van der Waals surface area contributed by atoms with Crippen LogP contribution in [0.3, 0.4) is 0 Å². The molecule has 4 heteroatoms. The maximum absolute atomic E-state index is 12.0. The van der Waals surface area contributed by atoms with Crippen molar-refractivity contribution in [2.75, 3.05) is 23.7 Å². The van der Waals surface area contributed by atoms with Crippen LogP contribution in [0.25, 0.3) is 0 Å². The molecule has 0 aromatic heterocycles. The molecule has 1 fully saturated rings. The van der Waals surface area contributed by atoms with E-state index < -0.39 is 5.60 Å². The van der Waals surface area contributed by atoms with Gasteiger partial charge >= 0.3 is 5.97 Å². The summed E-state index contributed by atoms with van der Waals surface area (Å²) in [6, 6.07) is 5.42. The molecule has 0 atom stereocenters. The molecule has 0 aliphatic carbocycles. The molecular weight excluding hydrogens is 240 g/mol. The fourth-order valence-electron chi connectivity index (χ4n) is 2.26. The minimum Gasteiger partial charge on any atom is -0.456 e. The van der Waals surface area contributed by atoms with Crippen LogP contribution in [0.5, 0.6) is 0 Å². The fourth-order valence-corrected chi connectivity index (χ4v) is 2.26. The van der Waals surface area contributed by atoms with Gasteiger partial charge in [0.15, 0.2) is 0 Å². The Bertz CT molecular complexity index is 472. The number of rotatable bonds is 2. The largest absolute Gasteiger partial charge is 0.456 e. The highest BCUT2D eigenvalue weighted by atomic mass is 16.6. The normalized spacial score (nSPS) is 15.6. The molecule has 0 radical (unpaired) electrons. The van der Waals surface area contributed by atoms with Crippen molar-refractivity contribution < 1.29 is 9.53 Å². The number of hydrogen-bond donors (Lipinski definition) is 1. The molecule has 1 saturated heterocycles. The zero-order valence-electron chi connectivity index (χ0n) is 11.9. The molecule has 19 heavy (non-hydrogen) atoms. The lowest BCUT2D eigenvalue weighted by atomic mass is 10.1. The van der Waals surface area contributed by atoms with Crippen LogP contribution in [-0.2, 0) is 4.74 Å². The van der Waals surface area contributed by atoms with E-state index in [9.17, 15) is 4.79 Å². The van der Waals surface area contributed by atoms with E-state index >= 15 is 0 Å². The molecule has 2 rings (SSSR count). The maximum atomic E-state index is 12.0. The number of nitrogens with two attached hydrogens (primary N) is 1. The molecule has 0 bridgehead atoms. The summed E-state index contributed by atoms with van der Waals surface area (Å²) in [6.07, 6.45) is 2.40. The number of carbonyl (C=O) groups excluding carboxylic acids is 1.